The smallest absolute Gasteiger partial charge is 0.124 e. The van der Waals surface area contributed by atoms with E-state index in [1.54, 1.807) is 0 Å². The van der Waals surface area contributed by atoms with E-state index < -0.39 is 0 Å². The van der Waals surface area contributed by atoms with Crippen LogP contribution in [-0.4, -0.2) is 18.2 Å². The van der Waals surface area contributed by atoms with Gasteiger partial charge in [0.25, 0.3) is 0 Å². The lowest BCUT2D eigenvalue weighted by atomic mass is 10.1. The summed E-state index contributed by atoms with van der Waals surface area (Å²) in [6, 6.07) is 5.81. The fourth-order valence-electron chi connectivity index (χ4n) is 1.64. The van der Waals surface area contributed by atoms with Gasteiger partial charge >= 0.3 is 0 Å². The number of anilines is 1. The average Bonchev–Trinajstić information content (AvgIpc) is 2.24. The number of phenolic OH excluding ortho intramolecular Hbond substituents is 1. The van der Waals surface area contributed by atoms with Gasteiger partial charge in [-0.1, -0.05) is 12.2 Å². The molecule has 1 aromatic rings. The van der Waals surface area contributed by atoms with Crippen LogP contribution >= 0.6 is 0 Å². The predicted molar refractivity (Wildman–Crippen MR) is 66.4 cm³/mol. The Kier molecular flexibility index (Phi) is 4.22. The summed E-state index contributed by atoms with van der Waals surface area (Å²) in [4.78, 5) is 2.21. The van der Waals surface area contributed by atoms with Crippen LogP contribution in [0.3, 0.4) is 0 Å². The van der Waals surface area contributed by atoms with Crippen LogP contribution in [0.25, 0.3) is 6.08 Å². The molecule has 0 aliphatic rings. The van der Waals surface area contributed by atoms with Crippen LogP contribution in [-0.2, 0) is 0 Å². The fraction of sp³-hybridized carbons (Fsp3) is 0.385. The SMILES string of the molecule is CC=Cc1ccc(N(CC)CC)cc1O. The van der Waals surface area contributed by atoms with Gasteiger partial charge in [0, 0.05) is 30.4 Å². The number of rotatable bonds is 4. The normalized spacial score (nSPS) is 10.9. The van der Waals surface area contributed by atoms with E-state index in [1.165, 1.54) is 0 Å². The van der Waals surface area contributed by atoms with E-state index in [-0.39, 0.29) is 0 Å². The predicted octanol–water partition coefficient (Wildman–Crippen LogP) is 3.27. The molecule has 0 heterocycles. The van der Waals surface area contributed by atoms with Crippen molar-refractivity contribution in [3.05, 3.63) is 29.8 Å². The Morgan fingerprint density at radius 2 is 1.93 bits per heavy atom. The van der Waals surface area contributed by atoms with Crippen molar-refractivity contribution < 1.29 is 5.11 Å². The van der Waals surface area contributed by atoms with E-state index in [2.05, 4.69) is 18.7 Å². The van der Waals surface area contributed by atoms with Gasteiger partial charge in [0.05, 0.1) is 0 Å². The Morgan fingerprint density at radius 3 is 2.40 bits per heavy atom. The first-order valence-electron chi connectivity index (χ1n) is 5.43. The second-order valence-corrected chi connectivity index (χ2v) is 3.42. The first-order chi connectivity index (χ1) is 7.22. The molecule has 1 aromatic carbocycles. The van der Waals surface area contributed by atoms with E-state index in [1.807, 2.05) is 37.3 Å². The Balaban J connectivity index is 2.99. The van der Waals surface area contributed by atoms with Gasteiger partial charge in [0.2, 0.25) is 0 Å². The first-order valence-corrected chi connectivity index (χ1v) is 5.43. The minimum atomic E-state index is 0.345. The maximum Gasteiger partial charge on any atom is 0.124 e. The van der Waals surface area contributed by atoms with Crippen molar-refractivity contribution in [1.82, 2.24) is 0 Å². The molecule has 15 heavy (non-hydrogen) atoms. The molecule has 0 amide bonds. The summed E-state index contributed by atoms with van der Waals surface area (Å²) in [7, 11) is 0. The zero-order chi connectivity index (χ0) is 11.3. The third-order valence-electron chi connectivity index (χ3n) is 2.49. The van der Waals surface area contributed by atoms with E-state index in [4.69, 9.17) is 0 Å². The summed E-state index contributed by atoms with van der Waals surface area (Å²) in [6.07, 6.45) is 3.83. The maximum absolute atomic E-state index is 9.78. The highest BCUT2D eigenvalue weighted by Crippen LogP contribution is 2.25. The molecule has 0 aromatic heterocycles. The van der Waals surface area contributed by atoms with Gasteiger partial charge < -0.3 is 10.0 Å². The molecule has 0 atom stereocenters. The number of nitrogens with zero attached hydrogens (tertiary/aromatic N) is 1. The highest BCUT2D eigenvalue weighted by atomic mass is 16.3. The molecule has 0 spiro atoms. The molecular weight excluding hydrogens is 186 g/mol. The standard InChI is InChI=1S/C13H19NO/c1-4-7-11-8-9-12(10-13(11)15)14(5-2)6-3/h4,7-10,15H,5-6H2,1-3H3. The molecule has 0 saturated carbocycles. The fourth-order valence-corrected chi connectivity index (χ4v) is 1.64. The third kappa shape index (κ3) is 2.75. The van der Waals surface area contributed by atoms with E-state index >= 15 is 0 Å². The van der Waals surface area contributed by atoms with Gasteiger partial charge in [-0.2, -0.15) is 0 Å². The first kappa shape index (κ1) is 11.6. The van der Waals surface area contributed by atoms with Crippen LogP contribution in [0.5, 0.6) is 5.75 Å². The summed E-state index contributed by atoms with van der Waals surface area (Å²) < 4.78 is 0. The van der Waals surface area contributed by atoms with Crippen LogP contribution in [0, 0.1) is 0 Å². The summed E-state index contributed by atoms with van der Waals surface area (Å²) in [6.45, 7) is 8.08. The number of benzene rings is 1. The molecular formula is C13H19NO. The molecule has 0 bridgehead atoms. The quantitative estimate of drug-likeness (QED) is 0.815. The average molecular weight is 205 g/mol. The number of hydrogen-bond donors (Lipinski definition) is 1. The van der Waals surface area contributed by atoms with Gasteiger partial charge in [-0.25, -0.2) is 0 Å². The molecule has 0 fully saturated rings. The topological polar surface area (TPSA) is 23.5 Å². The van der Waals surface area contributed by atoms with Crippen molar-refractivity contribution in [2.24, 2.45) is 0 Å². The zero-order valence-corrected chi connectivity index (χ0v) is 9.70. The largest absolute Gasteiger partial charge is 0.507 e. The number of phenols is 1. The lowest BCUT2D eigenvalue weighted by Gasteiger charge is -2.21. The highest BCUT2D eigenvalue weighted by molar-refractivity contribution is 5.62. The molecule has 0 aliphatic heterocycles. The summed E-state index contributed by atoms with van der Waals surface area (Å²) >= 11 is 0. The third-order valence-corrected chi connectivity index (χ3v) is 2.49. The van der Waals surface area contributed by atoms with Gasteiger partial charge in [-0.15, -0.1) is 0 Å². The Hall–Kier alpha value is -1.44. The maximum atomic E-state index is 9.78. The Labute approximate surface area is 91.9 Å². The van der Waals surface area contributed by atoms with Gasteiger partial charge in [-0.05, 0) is 32.9 Å². The molecule has 0 aliphatic carbocycles. The van der Waals surface area contributed by atoms with Gasteiger partial charge in [-0.3, -0.25) is 0 Å². The summed E-state index contributed by atoms with van der Waals surface area (Å²) in [5, 5.41) is 9.78. The van der Waals surface area contributed by atoms with Crippen molar-refractivity contribution >= 4 is 11.8 Å². The minimum Gasteiger partial charge on any atom is -0.507 e. The molecule has 82 valence electrons. The molecule has 0 saturated heterocycles. The highest BCUT2D eigenvalue weighted by Gasteiger charge is 2.04. The van der Waals surface area contributed by atoms with Crippen molar-refractivity contribution in [1.29, 1.82) is 0 Å². The van der Waals surface area contributed by atoms with Gasteiger partial charge in [0.15, 0.2) is 0 Å². The lowest BCUT2D eigenvalue weighted by molar-refractivity contribution is 0.474. The Morgan fingerprint density at radius 1 is 1.27 bits per heavy atom. The zero-order valence-electron chi connectivity index (χ0n) is 9.70. The molecule has 0 radical (unpaired) electrons. The summed E-state index contributed by atoms with van der Waals surface area (Å²) in [5.41, 5.74) is 1.94. The van der Waals surface area contributed by atoms with Gasteiger partial charge in [0.1, 0.15) is 5.75 Å². The lowest BCUT2D eigenvalue weighted by Crippen LogP contribution is -2.21. The number of hydrogen-bond acceptors (Lipinski definition) is 2. The van der Waals surface area contributed by atoms with Crippen molar-refractivity contribution in [3.8, 4) is 5.75 Å². The van der Waals surface area contributed by atoms with Crippen molar-refractivity contribution in [3.63, 3.8) is 0 Å². The van der Waals surface area contributed by atoms with Crippen molar-refractivity contribution in [2.45, 2.75) is 20.8 Å². The van der Waals surface area contributed by atoms with Crippen LogP contribution in [0.1, 0.15) is 26.3 Å². The van der Waals surface area contributed by atoms with Crippen molar-refractivity contribution in [2.75, 3.05) is 18.0 Å². The van der Waals surface area contributed by atoms with Crippen LogP contribution in [0.2, 0.25) is 0 Å². The minimum absolute atomic E-state index is 0.345. The van der Waals surface area contributed by atoms with Crippen LogP contribution in [0.4, 0.5) is 5.69 Å². The number of aromatic hydroxyl groups is 1. The second kappa shape index (κ2) is 5.44. The molecule has 2 nitrogen and oxygen atoms in total. The molecule has 0 unspecified atom stereocenters. The van der Waals surface area contributed by atoms with Crippen LogP contribution < -0.4 is 4.90 Å². The van der Waals surface area contributed by atoms with E-state index in [0.717, 1.165) is 24.3 Å². The van der Waals surface area contributed by atoms with E-state index in [0.29, 0.717) is 5.75 Å². The second-order valence-electron chi connectivity index (χ2n) is 3.42. The molecule has 1 N–H and O–H groups in total. The monoisotopic (exact) mass is 205 g/mol. The van der Waals surface area contributed by atoms with E-state index in [9.17, 15) is 5.11 Å². The number of allylic oxidation sites excluding steroid dienone is 1. The summed E-state index contributed by atoms with van der Waals surface area (Å²) in [5.74, 6) is 0.345. The molecule has 1 rings (SSSR count). The molecule has 2 heteroatoms. The Bertz CT molecular complexity index is 340. The van der Waals surface area contributed by atoms with Crippen LogP contribution in [0.15, 0.2) is 24.3 Å².